The lowest BCUT2D eigenvalue weighted by Gasteiger charge is -2.01. The molecule has 1 atom stereocenters. The summed E-state index contributed by atoms with van der Waals surface area (Å²) >= 11 is 7.29. The number of aromatic nitrogens is 1. The molecule has 142 valence electrons. The van der Waals surface area contributed by atoms with Crippen LogP contribution >= 0.6 is 23.4 Å². The number of amides is 1. The van der Waals surface area contributed by atoms with Gasteiger partial charge in [-0.15, -0.1) is 5.10 Å². The third-order valence-corrected chi connectivity index (χ3v) is 5.78. The third-order valence-electron chi connectivity index (χ3n) is 4.38. The van der Waals surface area contributed by atoms with Crippen molar-refractivity contribution < 1.29 is 9.90 Å². The molecule has 0 aliphatic carbocycles. The second-order valence-electron chi connectivity index (χ2n) is 6.22. The van der Waals surface area contributed by atoms with Gasteiger partial charge in [0.15, 0.2) is 5.17 Å². The van der Waals surface area contributed by atoms with Crippen molar-refractivity contribution in [3.8, 4) is 11.3 Å². The Kier molecular flexibility index (Phi) is 5.47. The number of aliphatic hydroxyl groups excluding tert-OH is 1. The van der Waals surface area contributed by atoms with Gasteiger partial charge in [-0.3, -0.25) is 4.79 Å². The Morgan fingerprint density at radius 3 is 2.75 bits per heavy atom. The predicted molar refractivity (Wildman–Crippen MR) is 115 cm³/mol. The van der Waals surface area contributed by atoms with Gasteiger partial charge in [0.2, 0.25) is 5.91 Å². The SMILES string of the molecule is O=C1N/C(=N/N=C/c2c(-c3ccc(Cl)cc3)[nH]c3ccccc23)SC1CCO. The molecule has 3 N–H and O–H groups in total. The van der Waals surface area contributed by atoms with Gasteiger partial charge < -0.3 is 15.4 Å². The summed E-state index contributed by atoms with van der Waals surface area (Å²) < 4.78 is 0. The predicted octanol–water partition coefficient (Wildman–Crippen LogP) is 3.79. The largest absolute Gasteiger partial charge is 0.396 e. The van der Waals surface area contributed by atoms with Gasteiger partial charge in [-0.25, -0.2) is 0 Å². The second-order valence-corrected chi connectivity index (χ2v) is 7.85. The number of aromatic amines is 1. The number of H-pyrrole nitrogens is 1. The van der Waals surface area contributed by atoms with E-state index < -0.39 is 0 Å². The van der Waals surface area contributed by atoms with E-state index >= 15 is 0 Å². The van der Waals surface area contributed by atoms with Crippen molar-refractivity contribution in [3.05, 3.63) is 59.1 Å². The van der Waals surface area contributed by atoms with Gasteiger partial charge in [0.05, 0.1) is 17.2 Å². The van der Waals surface area contributed by atoms with Crippen LogP contribution in [0.15, 0.2) is 58.7 Å². The number of hydrogen-bond acceptors (Lipinski definition) is 5. The average molecular weight is 413 g/mol. The number of nitrogens with one attached hydrogen (secondary N) is 2. The van der Waals surface area contributed by atoms with Crippen molar-refractivity contribution in [2.75, 3.05) is 6.61 Å². The van der Waals surface area contributed by atoms with Crippen LogP contribution in [-0.4, -0.2) is 39.2 Å². The lowest BCUT2D eigenvalue weighted by Crippen LogP contribution is -2.25. The Morgan fingerprint density at radius 1 is 1.18 bits per heavy atom. The zero-order chi connectivity index (χ0) is 19.5. The van der Waals surface area contributed by atoms with E-state index in [9.17, 15) is 4.79 Å². The van der Waals surface area contributed by atoms with Crippen LogP contribution in [0, 0.1) is 0 Å². The number of fused-ring (bicyclic) bond motifs is 1. The van der Waals surface area contributed by atoms with Gasteiger partial charge in [-0.05, 0) is 30.2 Å². The summed E-state index contributed by atoms with van der Waals surface area (Å²) in [5.74, 6) is -0.151. The van der Waals surface area contributed by atoms with Gasteiger partial charge in [-0.1, -0.05) is 53.7 Å². The number of benzene rings is 2. The van der Waals surface area contributed by atoms with Crippen LogP contribution in [0.1, 0.15) is 12.0 Å². The first kappa shape index (κ1) is 18.7. The summed E-state index contributed by atoms with van der Waals surface area (Å²) in [6, 6.07) is 15.5. The minimum Gasteiger partial charge on any atom is -0.396 e. The second kappa shape index (κ2) is 8.18. The van der Waals surface area contributed by atoms with E-state index in [1.165, 1.54) is 11.8 Å². The smallest absolute Gasteiger partial charge is 0.239 e. The minimum atomic E-state index is -0.323. The number of para-hydroxylation sites is 1. The van der Waals surface area contributed by atoms with E-state index in [-0.39, 0.29) is 17.8 Å². The highest BCUT2D eigenvalue weighted by atomic mass is 35.5. The van der Waals surface area contributed by atoms with E-state index in [1.54, 1.807) is 6.21 Å². The summed E-state index contributed by atoms with van der Waals surface area (Å²) in [6.07, 6.45) is 2.07. The Bertz CT molecular complexity index is 1080. The van der Waals surface area contributed by atoms with Gasteiger partial charge in [0.1, 0.15) is 0 Å². The molecule has 1 saturated heterocycles. The fraction of sp³-hybridized carbons (Fsp3) is 0.150. The number of aliphatic hydroxyl groups is 1. The number of amidine groups is 1. The Balaban J connectivity index is 1.67. The molecular weight excluding hydrogens is 396 g/mol. The molecule has 1 fully saturated rings. The van der Waals surface area contributed by atoms with Gasteiger partial charge in [-0.2, -0.15) is 5.10 Å². The van der Waals surface area contributed by atoms with E-state index in [0.717, 1.165) is 27.7 Å². The lowest BCUT2D eigenvalue weighted by atomic mass is 10.1. The van der Waals surface area contributed by atoms with Crippen LogP contribution in [0.2, 0.25) is 5.02 Å². The van der Waals surface area contributed by atoms with Crippen LogP contribution in [0.4, 0.5) is 0 Å². The molecule has 1 aromatic heterocycles. The van der Waals surface area contributed by atoms with E-state index in [4.69, 9.17) is 16.7 Å². The average Bonchev–Trinajstić information content (AvgIpc) is 3.24. The number of hydrogen-bond donors (Lipinski definition) is 3. The molecule has 28 heavy (non-hydrogen) atoms. The number of rotatable bonds is 5. The summed E-state index contributed by atoms with van der Waals surface area (Å²) in [5.41, 5.74) is 3.81. The van der Waals surface area contributed by atoms with E-state index in [0.29, 0.717) is 16.6 Å². The maximum Gasteiger partial charge on any atom is 0.239 e. The molecular formula is C20H17ClN4O2S. The molecule has 6 nitrogen and oxygen atoms in total. The van der Waals surface area contributed by atoms with Gasteiger partial charge in [0, 0.05) is 28.1 Å². The van der Waals surface area contributed by atoms with E-state index in [2.05, 4.69) is 20.5 Å². The minimum absolute atomic E-state index is 0.0403. The molecule has 8 heteroatoms. The normalized spacial score (nSPS) is 18.4. The number of carbonyl (C=O) groups excluding carboxylic acids is 1. The Labute approximate surface area is 170 Å². The van der Waals surface area contributed by atoms with Gasteiger partial charge >= 0.3 is 0 Å². The lowest BCUT2D eigenvalue weighted by molar-refractivity contribution is -0.119. The third kappa shape index (κ3) is 3.82. The number of carbonyl (C=O) groups is 1. The molecule has 4 rings (SSSR count). The zero-order valence-electron chi connectivity index (χ0n) is 14.7. The first-order chi connectivity index (χ1) is 13.7. The summed E-state index contributed by atoms with van der Waals surface area (Å²) in [6.45, 7) is -0.0403. The maximum absolute atomic E-state index is 11.8. The molecule has 0 bridgehead atoms. The molecule has 0 saturated carbocycles. The monoisotopic (exact) mass is 412 g/mol. The highest BCUT2D eigenvalue weighted by molar-refractivity contribution is 8.15. The van der Waals surface area contributed by atoms with Crippen molar-refractivity contribution >= 4 is 51.6 Å². The highest BCUT2D eigenvalue weighted by Gasteiger charge is 2.29. The quantitative estimate of drug-likeness (QED) is 0.440. The standard InChI is InChI=1S/C20H17ClN4O2S/c21-13-7-5-12(6-8-13)18-15(14-3-1-2-4-16(14)23-18)11-22-25-20-24-19(27)17(28-20)9-10-26/h1-8,11,17,23,26H,9-10H2,(H,24,25,27)/b22-11+. The Morgan fingerprint density at radius 2 is 1.96 bits per heavy atom. The molecule has 2 aromatic carbocycles. The molecule has 2 heterocycles. The van der Waals surface area contributed by atoms with Crippen molar-refractivity contribution in [2.24, 2.45) is 10.2 Å². The fourth-order valence-corrected chi connectivity index (χ4v) is 4.08. The van der Waals surface area contributed by atoms with Crippen molar-refractivity contribution in [1.82, 2.24) is 10.3 Å². The van der Waals surface area contributed by atoms with Crippen LogP contribution in [-0.2, 0) is 4.79 Å². The summed E-state index contributed by atoms with van der Waals surface area (Å²) in [7, 11) is 0. The first-order valence-electron chi connectivity index (χ1n) is 8.72. The number of halogens is 1. The van der Waals surface area contributed by atoms with Crippen molar-refractivity contribution in [1.29, 1.82) is 0 Å². The molecule has 1 aliphatic rings. The summed E-state index contributed by atoms with van der Waals surface area (Å²) in [4.78, 5) is 15.2. The van der Waals surface area contributed by atoms with Crippen LogP contribution in [0.25, 0.3) is 22.2 Å². The molecule has 1 unspecified atom stereocenters. The number of thioether (sulfide) groups is 1. The molecule has 0 spiro atoms. The molecule has 3 aromatic rings. The van der Waals surface area contributed by atoms with Crippen LogP contribution in [0.3, 0.4) is 0 Å². The maximum atomic E-state index is 11.8. The molecule has 0 radical (unpaired) electrons. The van der Waals surface area contributed by atoms with Crippen molar-refractivity contribution in [3.63, 3.8) is 0 Å². The van der Waals surface area contributed by atoms with Gasteiger partial charge in [0.25, 0.3) is 0 Å². The topological polar surface area (TPSA) is 89.8 Å². The number of nitrogens with zero attached hydrogens (tertiary/aromatic N) is 2. The first-order valence-corrected chi connectivity index (χ1v) is 9.97. The van der Waals surface area contributed by atoms with Crippen LogP contribution in [0.5, 0.6) is 0 Å². The summed E-state index contributed by atoms with van der Waals surface area (Å²) in [5, 5.41) is 21.8. The van der Waals surface area contributed by atoms with E-state index in [1.807, 2.05) is 48.5 Å². The Hall–Kier alpha value is -2.61. The molecule has 1 aliphatic heterocycles. The van der Waals surface area contributed by atoms with Crippen molar-refractivity contribution in [2.45, 2.75) is 11.7 Å². The highest BCUT2D eigenvalue weighted by Crippen LogP contribution is 2.30. The van der Waals surface area contributed by atoms with Crippen LogP contribution < -0.4 is 5.32 Å². The molecule has 1 amide bonds. The fourth-order valence-electron chi connectivity index (χ4n) is 3.04. The zero-order valence-corrected chi connectivity index (χ0v) is 16.3.